The molecule has 2 N–H and O–H groups in total. The first-order valence-corrected chi connectivity index (χ1v) is 5.53. The highest BCUT2D eigenvalue weighted by atomic mass is 16.5. The van der Waals surface area contributed by atoms with Gasteiger partial charge in [0, 0.05) is 0 Å². The highest BCUT2D eigenvalue weighted by Crippen LogP contribution is 2.15. The largest absolute Gasteiger partial charge is 0.347 e. The molecule has 1 saturated heterocycles. The van der Waals surface area contributed by atoms with E-state index in [9.17, 15) is 4.79 Å². The maximum atomic E-state index is 11.8. The molecule has 1 amide bonds. The molecule has 1 aliphatic rings. The van der Waals surface area contributed by atoms with Crippen molar-refractivity contribution in [2.75, 3.05) is 6.54 Å². The molecular weight excluding hydrogens is 208 g/mol. The van der Waals surface area contributed by atoms with Crippen LogP contribution in [-0.2, 0) is 11.3 Å². The number of carbonyl (C=O) groups is 1. The third-order valence-corrected chi connectivity index (χ3v) is 2.88. The summed E-state index contributed by atoms with van der Waals surface area (Å²) in [6.45, 7) is 3.32. The van der Waals surface area contributed by atoms with Gasteiger partial charge in [-0.1, -0.05) is 12.1 Å². The van der Waals surface area contributed by atoms with Crippen LogP contribution in [0.2, 0.25) is 0 Å². The molecule has 6 nitrogen and oxygen atoms in total. The molecule has 0 radical (unpaired) electrons. The molecule has 1 fully saturated rings. The van der Waals surface area contributed by atoms with Crippen LogP contribution in [0, 0.1) is 5.92 Å². The fraction of sp³-hybridized carbons (Fsp3) is 0.700. The van der Waals surface area contributed by atoms with Crippen LogP contribution in [0.5, 0.6) is 0 Å². The first-order valence-electron chi connectivity index (χ1n) is 5.53. The zero-order chi connectivity index (χ0) is 11.4. The molecule has 2 rings (SSSR count). The van der Waals surface area contributed by atoms with E-state index in [2.05, 4.69) is 32.2 Å². The Hall–Kier alpha value is -1.43. The molecule has 6 heteroatoms. The molecule has 16 heavy (non-hydrogen) atoms. The smallest absolute Gasteiger partial charge is 0.237 e. The minimum absolute atomic E-state index is 0.0111. The van der Waals surface area contributed by atoms with E-state index in [0.717, 1.165) is 19.4 Å². The summed E-state index contributed by atoms with van der Waals surface area (Å²) in [5.41, 5.74) is 0. The van der Waals surface area contributed by atoms with E-state index in [0.29, 0.717) is 18.3 Å². The molecule has 2 unspecified atom stereocenters. The molecule has 0 aliphatic carbocycles. The highest BCUT2D eigenvalue weighted by Gasteiger charge is 2.27. The van der Waals surface area contributed by atoms with Gasteiger partial charge >= 0.3 is 0 Å². The van der Waals surface area contributed by atoms with Gasteiger partial charge in [0.15, 0.2) is 5.82 Å². The van der Waals surface area contributed by atoms with E-state index >= 15 is 0 Å². The summed E-state index contributed by atoms with van der Waals surface area (Å²) in [4.78, 5) is 15.7. The fourth-order valence-electron chi connectivity index (χ4n) is 1.95. The van der Waals surface area contributed by atoms with Crippen molar-refractivity contribution in [1.82, 2.24) is 20.8 Å². The second-order valence-electron chi connectivity index (χ2n) is 4.12. The van der Waals surface area contributed by atoms with Crippen LogP contribution in [0.3, 0.4) is 0 Å². The Labute approximate surface area is 93.8 Å². The van der Waals surface area contributed by atoms with Crippen LogP contribution in [0.25, 0.3) is 0 Å². The Kier molecular flexibility index (Phi) is 3.51. The van der Waals surface area contributed by atoms with Gasteiger partial charge < -0.3 is 15.2 Å². The van der Waals surface area contributed by atoms with Gasteiger partial charge in [-0.2, -0.15) is 4.98 Å². The lowest BCUT2D eigenvalue weighted by Crippen LogP contribution is -2.50. The standard InChI is InChI=1S/C10H16N4O2/c1-7-3-2-4-11-9(7)10(15)12-5-8-13-6-16-14-8/h6-7,9,11H,2-5H2,1H3,(H,12,15). The zero-order valence-corrected chi connectivity index (χ0v) is 9.27. The van der Waals surface area contributed by atoms with Gasteiger partial charge in [0.2, 0.25) is 12.3 Å². The molecule has 0 spiro atoms. The molecule has 2 heterocycles. The van der Waals surface area contributed by atoms with E-state index in [-0.39, 0.29) is 11.9 Å². The quantitative estimate of drug-likeness (QED) is 0.759. The molecule has 0 bridgehead atoms. The zero-order valence-electron chi connectivity index (χ0n) is 9.27. The Morgan fingerprint density at radius 1 is 1.75 bits per heavy atom. The van der Waals surface area contributed by atoms with Gasteiger partial charge in [0.05, 0.1) is 12.6 Å². The van der Waals surface area contributed by atoms with Crippen molar-refractivity contribution in [2.45, 2.75) is 32.4 Å². The Morgan fingerprint density at radius 2 is 2.62 bits per heavy atom. The summed E-state index contributed by atoms with van der Waals surface area (Å²) < 4.78 is 4.59. The molecule has 0 aromatic carbocycles. The molecular formula is C10H16N4O2. The minimum Gasteiger partial charge on any atom is -0.347 e. The van der Waals surface area contributed by atoms with Crippen LogP contribution < -0.4 is 10.6 Å². The van der Waals surface area contributed by atoms with E-state index in [1.165, 1.54) is 6.39 Å². The maximum Gasteiger partial charge on any atom is 0.237 e. The van der Waals surface area contributed by atoms with Gasteiger partial charge in [-0.25, -0.2) is 0 Å². The minimum atomic E-state index is -0.0966. The third-order valence-electron chi connectivity index (χ3n) is 2.88. The van der Waals surface area contributed by atoms with Crippen molar-refractivity contribution in [1.29, 1.82) is 0 Å². The lowest BCUT2D eigenvalue weighted by atomic mass is 9.92. The third kappa shape index (κ3) is 2.57. The van der Waals surface area contributed by atoms with Gasteiger partial charge in [-0.15, -0.1) is 0 Å². The number of piperidine rings is 1. The van der Waals surface area contributed by atoms with Crippen molar-refractivity contribution < 1.29 is 9.32 Å². The van der Waals surface area contributed by atoms with Gasteiger partial charge in [-0.05, 0) is 25.3 Å². The monoisotopic (exact) mass is 224 g/mol. The number of rotatable bonds is 3. The predicted molar refractivity (Wildman–Crippen MR) is 56.3 cm³/mol. The SMILES string of the molecule is CC1CCCNC1C(=O)NCc1ncon1. The Bertz CT molecular complexity index is 339. The molecule has 0 saturated carbocycles. The average molecular weight is 224 g/mol. The fourth-order valence-corrected chi connectivity index (χ4v) is 1.95. The summed E-state index contributed by atoms with van der Waals surface area (Å²) in [6, 6.07) is -0.0966. The van der Waals surface area contributed by atoms with Crippen molar-refractivity contribution in [3.63, 3.8) is 0 Å². The number of hydrogen-bond donors (Lipinski definition) is 2. The van der Waals surface area contributed by atoms with Crippen LogP contribution in [0.1, 0.15) is 25.6 Å². The molecule has 1 aliphatic heterocycles. The summed E-state index contributed by atoms with van der Waals surface area (Å²) in [5.74, 6) is 0.882. The highest BCUT2D eigenvalue weighted by molar-refractivity contribution is 5.82. The van der Waals surface area contributed by atoms with Gasteiger partial charge in [0.1, 0.15) is 0 Å². The van der Waals surface area contributed by atoms with E-state index in [1.807, 2.05) is 0 Å². The second kappa shape index (κ2) is 5.07. The Morgan fingerprint density at radius 3 is 3.31 bits per heavy atom. The molecule has 2 atom stereocenters. The number of hydrogen-bond acceptors (Lipinski definition) is 5. The van der Waals surface area contributed by atoms with Crippen LogP contribution in [-0.4, -0.2) is 28.6 Å². The lowest BCUT2D eigenvalue weighted by molar-refractivity contribution is -0.125. The topological polar surface area (TPSA) is 80.0 Å². The van der Waals surface area contributed by atoms with Gasteiger partial charge in [-0.3, -0.25) is 4.79 Å². The van der Waals surface area contributed by atoms with Crippen molar-refractivity contribution in [2.24, 2.45) is 5.92 Å². The summed E-state index contributed by atoms with van der Waals surface area (Å²) in [7, 11) is 0. The number of aromatic nitrogens is 2. The van der Waals surface area contributed by atoms with Crippen molar-refractivity contribution in [3.8, 4) is 0 Å². The van der Waals surface area contributed by atoms with E-state index in [4.69, 9.17) is 0 Å². The van der Waals surface area contributed by atoms with Crippen LogP contribution >= 0.6 is 0 Å². The summed E-state index contributed by atoms with van der Waals surface area (Å²) >= 11 is 0. The average Bonchev–Trinajstić information content (AvgIpc) is 2.79. The Balaban J connectivity index is 1.83. The molecule has 88 valence electrons. The number of nitrogens with zero attached hydrogens (tertiary/aromatic N) is 2. The number of carbonyl (C=O) groups excluding carboxylic acids is 1. The number of amides is 1. The second-order valence-corrected chi connectivity index (χ2v) is 4.12. The normalized spacial score (nSPS) is 25.3. The van der Waals surface area contributed by atoms with Crippen molar-refractivity contribution in [3.05, 3.63) is 12.2 Å². The van der Waals surface area contributed by atoms with Crippen molar-refractivity contribution >= 4 is 5.91 Å². The van der Waals surface area contributed by atoms with Gasteiger partial charge in [0.25, 0.3) is 0 Å². The molecule has 1 aromatic rings. The molecule has 1 aromatic heterocycles. The summed E-state index contributed by atoms with van der Waals surface area (Å²) in [6.07, 6.45) is 3.48. The van der Waals surface area contributed by atoms with E-state index in [1.54, 1.807) is 0 Å². The lowest BCUT2D eigenvalue weighted by Gasteiger charge is -2.28. The van der Waals surface area contributed by atoms with E-state index < -0.39 is 0 Å². The maximum absolute atomic E-state index is 11.8. The first-order chi connectivity index (χ1) is 7.77. The number of nitrogens with one attached hydrogen (secondary N) is 2. The summed E-state index contributed by atoms with van der Waals surface area (Å²) in [5, 5.41) is 9.65. The van der Waals surface area contributed by atoms with Crippen LogP contribution in [0.15, 0.2) is 10.9 Å². The van der Waals surface area contributed by atoms with Crippen LogP contribution in [0.4, 0.5) is 0 Å². The first kappa shape index (κ1) is 11.1. The predicted octanol–water partition coefficient (Wildman–Crippen LogP) is 0.0739.